The van der Waals surface area contributed by atoms with E-state index in [4.69, 9.17) is 0 Å². The van der Waals surface area contributed by atoms with Gasteiger partial charge in [0.05, 0.1) is 0 Å². The van der Waals surface area contributed by atoms with E-state index in [0.29, 0.717) is 12.6 Å². The zero-order valence-corrected chi connectivity index (χ0v) is 10.6. The van der Waals surface area contributed by atoms with Crippen LogP contribution in [0.2, 0.25) is 0 Å². The van der Waals surface area contributed by atoms with Gasteiger partial charge >= 0.3 is 0 Å². The number of thiophene rings is 1. The molecule has 90 valence electrons. The summed E-state index contributed by atoms with van der Waals surface area (Å²) >= 11 is 1.75. The Morgan fingerprint density at radius 3 is 2.94 bits per heavy atom. The summed E-state index contributed by atoms with van der Waals surface area (Å²) in [4.78, 5) is 12.8. The summed E-state index contributed by atoms with van der Waals surface area (Å²) in [5.74, 6) is 0. The quantitative estimate of drug-likeness (QED) is 0.880. The van der Waals surface area contributed by atoms with Crippen LogP contribution < -0.4 is 10.9 Å². The van der Waals surface area contributed by atoms with Gasteiger partial charge < -0.3 is 9.88 Å². The first-order valence-corrected chi connectivity index (χ1v) is 6.57. The predicted octanol–water partition coefficient (Wildman–Crippen LogP) is 2.26. The molecule has 0 spiro atoms. The van der Waals surface area contributed by atoms with Crippen LogP contribution in [-0.4, -0.2) is 11.1 Å². The Balaban J connectivity index is 1.84. The number of pyridine rings is 1. The first kappa shape index (κ1) is 12.1. The van der Waals surface area contributed by atoms with E-state index in [1.165, 1.54) is 4.88 Å². The van der Waals surface area contributed by atoms with Crippen LogP contribution in [0.3, 0.4) is 0 Å². The number of rotatable bonds is 5. The van der Waals surface area contributed by atoms with Crippen LogP contribution >= 0.6 is 11.3 Å². The van der Waals surface area contributed by atoms with Crippen molar-refractivity contribution in [2.45, 2.75) is 19.5 Å². The van der Waals surface area contributed by atoms with E-state index < -0.39 is 0 Å². The highest BCUT2D eigenvalue weighted by molar-refractivity contribution is 7.10. The van der Waals surface area contributed by atoms with Crippen LogP contribution in [0, 0.1) is 0 Å². The summed E-state index contributed by atoms with van der Waals surface area (Å²) in [6, 6.07) is 9.75. The fraction of sp³-hybridized carbons (Fsp3) is 0.308. The Labute approximate surface area is 105 Å². The summed E-state index contributed by atoms with van der Waals surface area (Å²) in [5, 5.41) is 5.49. The minimum atomic E-state index is 0.0538. The molecule has 2 aromatic rings. The first-order chi connectivity index (χ1) is 8.27. The molecule has 0 fully saturated rings. The third-order valence-electron chi connectivity index (χ3n) is 2.67. The third kappa shape index (κ3) is 3.28. The Kier molecular flexibility index (Phi) is 4.12. The lowest BCUT2D eigenvalue weighted by Crippen LogP contribution is -2.27. The van der Waals surface area contributed by atoms with Gasteiger partial charge in [0.2, 0.25) is 0 Å². The van der Waals surface area contributed by atoms with E-state index in [-0.39, 0.29) is 5.56 Å². The lowest BCUT2D eigenvalue weighted by molar-refractivity contribution is 0.529. The van der Waals surface area contributed by atoms with Gasteiger partial charge in [0, 0.05) is 36.3 Å². The monoisotopic (exact) mass is 248 g/mol. The number of nitrogens with zero attached hydrogens (tertiary/aromatic N) is 1. The molecule has 2 rings (SSSR count). The van der Waals surface area contributed by atoms with Crippen molar-refractivity contribution < 1.29 is 0 Å². The Bertz CT molecular complexity index is 504. The van der Waals surface area contributed by atoms with Crippen molar-refractivity contribution in [3.05, 3.63) is 57.1 Å². The van der Waals surface area contributed by atoms with Crippen LogP contribution in [0.25, 0.3) is 0 Å². The molecule has 17 heavy (non-hydrogen) atoms. The van der Waals surface area contributed by atoms with E-state index >= 15 is 0 Å². The van der Waals surface area contributed by atoms with Gasteiger partial charge in [0.1, 0.15) is 0 Å². The van der Waals surface area contributed by atoms with Crippen molar-refractivity contribution in [3.8, 4) is 0 Å². The highest BCUT2D eigenvalue weighted by atomic mass is 32.1. The Hall–Kier alpha value is -1.39. The van der Waals surface area contributed by atoms with E-state index in [1.54, 1.807) is 28.0 Å². The molecular formula is C13H16N2OS. The molecule has 0 bridgehead atoms. The maximum absolute atomic E-state index is 11.5. The number of nitrogens with one attached hydrogen (secondary N) is 1. The molecular weight excluding hydrogens is 232 g/mol. The molecule has 0 unspecified atom stereocenters. The number of hydrogen-bond donors (Lipinski definition) is 1. The first-order valence-electron chi connectivity index (χ1n) is 5.69. The van der Waals surface area contributed by atoms with Crippen molar-refractivity contribution in [3.63, 3.8) is 0 Å². The lowest BCUT2D eigenvalue weighted by Gasteiger charge is -2.12. The van der Waals surface area contributed by atoms with Gasteiger partial charge in [-0.2, -0.15) is 0 Å². The van der Waals surface area contributed by atoms with Crippen molar-refractivity contribution >= 4 is 11.3 Å². The van der Waals surface area contributed by atoms with Gasteiger partial charge in [-0.05, 0) is 24.4 Å². The average Bonchev–Trinajstić information content (AvgIpc) is 2.85. The summed E-state index contributed by atoms with van der Waals surface area (Å²) in [5.41, 5.74) is 0.0538. The summed E-state index contributed by atoms with van der Waals surface area (Å²) < 4.78 is 1.72. The van der Waals surface area contributed by atoms with E-state index in [1.807, 2.05) is 12.3 Å². The summed E-state index contributed by atoms with van der Waals surface area (Å²) in [7, 11) is 0. The zero-order valence-electron chi connectivity index (χ0n) is 9.80. The molecule has 3 nitrogen and oxygen atoms in total. The second kappa shape index (κ2) is 5.80. The molecule has 0 saturated carbocycles. The van der Waals surface area contributed by atoms with Crippen LogP contribution in [0.5, 0.6) is 0 Å². The van der Waals surface area contributed by atoms with Gasteiger partial charge in [-0.3, -0.25) is 4.79 Å². The molecule has 0 aliphatic carbocycles. The fourth-order valence-corrected chi connectivity index (χ4v) is 2.44. The molecule has 0 aromatic carbocycles. The normalized spacial score (nSPS) is 12.5. The summed E-state index contributed by atoms with van der Waals surface area (Å²) in [6.45, 7) is 3.64. The smallest absolute Gasteiger partial charge is 0.250 e. The zero-order chi connectivity index (χ0) is 12.1. The molecule has 2 aromatic heterocycles. The molecule has 4 heteroatoms. The molecule has 0 amide bonds. The predicted molar refractivity (Wildman–Crippen MR) is 71.4 cm³/mol. The molecule has 0 saturated heterocycles. The highest BCUT2D eigenvalue weighted by Gasteiger charge is 2.04. The van der Waals surface area contributed by atoms with Crippen LogP contribution in [0.4, 0.5) is 0 Å². The van der Waals surface area contributed by atoms with Gasteiger partial charge in [-0.15, -0.1) is 11.3 Å². The molecule has 0 aliphatic heterocycles. The van der Waals surface area contributed by atoms with E-state index in [2.05, 4.69) is 29.8 Å². The average molecular weight is 248 g/mol. The highest BCUT2D eigenvalue weighted by Crippen LogP contribution is 2.17. The van der Waals surface area contributed by atoms with Crippen molar-refractivity contribution in [1.29, 1.82) is 0 Å². The molecule has 0 radical (unpaired) electrons. The topological polar surface area (TPSA) is 34.0 Å². The van der Waals surface area contributed by atoms with Crippen LogP contribution in [0.1, 0.15) is 17.8 Å². The summed E-state index contributed by atoms with van der Waals surface area (Å²) in [6.07, 6.45) is 1.82. The van der Waals surface area contributed by atoms with Gasteiger partial charge in [-0.1, -0.05) is 12.1 Å². The third-order valence-corrected chi connectivity index (χ3v) is 3.73. The molecule has 1 atom stereocenters. The van der Waals surface area contributed by atoms with Crippen LogP contribution in [-0.2, 0) is 6.54 Å². The minimum absolute atomic E-state index is 0.0538. The van der Waals surface area contributed by atoms with Crippen molar-refractivity contribution in [2.75, 3.05) is 6.54 Å². The Morgan fingerprint density at radius 1 is 1.35 bits per heavy atom. The van der Waals surface area contributed by atoms with Crippen molar-refractivity contribution in [1.82, 2.24) is 9.88 Å². The van der Waals surface area contributed by atoms with Gasteiger partial charge in [0.15, 0.2) is 0 Å². The Morgan fingerprint density at radius 2 is 2.24 bits per heavy atom. The second-order valence-corrected chi connectivity index (χ2v) is 4.90. The van der Waals surface area contributed by atoms with Gasteiger partial charge in [-0.25, -0.2) is 0 Å². The lowest BCUT2D eigenvalue weighted by atomic mass is 10.3. The number of aromatic nitrogens is 1. The van der Waals surface area contributed by atoms with Gasteiger partial charge in [0.25, 0.3) is 5.56 Å². The molecule has 0 aliphatic rings. The largest absolute Gasteiger partial charge is 0.314 e. The number of hydrogen-bond acceptors (Lipinski definition) is 3. The standard InChI is InChI=1S/C13H16N2OS/c1-11(12-5-4-10-17-12)14-7-9-15-8-3-2-6-13(15)16/h2-6,8,10-11,14H,7,9H2,1H3/t11-/m0/s1. The maximum atomic E-state index is 11.5. The van der Waals surface area contributed by atoms with E-state index in [9.17, 15) is 4.79 Å². The molecule has 2 heterocycles. The molecule has 1 N–H and O–H groups in total. The van der Waals surface area contributed by atoms with Crippen LogP contribution in [0.15, 0.2) is 46.7 Å². The fourth-order valence-electron chi connectivity index (χ4n) is 1.69. The SMILES string of the molecule is C[C@H](NCCn1ccccc1=O)c1cccs1. The second-order valence-electron chi connectivity index (χ2n) is 3.92. The van der Waals surface area contributed by atoms with Crippen molar-refractivity contribution in [2.24, 2.45) is 0 Å². The minimum Gasteiger partial charge on any atom is -0.314 e. The van der Waals surface area contributed by atoms with E-state index in [0.717, 1.165) is 6.54 Å². The maximum Gasteiger partial charge on any atom is 0.250 e.